The van der Waals surface area contributed by atoms with Crippen molar-refractivity contribution >= 4 is 11.8 Å². The molecule has 0 aromatic carbocycles. The summed E-state index contributed by atoms with van der Waals surface area (Å²) in [6.45, 7) is 5.08. The number of piperidine rings is 1. The van der Waals surface area contributed by atoms with E-state index in [-0.39, 0.29) is 23.6 Å². The van der Waals surface area contributed by atoms with Gasteiger partial charge in [-0.1, -0.05) is 0 Å². The highest BCUT2D eigenvalue weighted by Crippen LogP contribution is 2.28. The van der Waals surface area contributed by atoms with Gasteiger partial charge in [-0.15, -0.1) is 0 Å². The molecule has 8 nitrogen and oxygen atoms in total. The number of imidazole rings is 1. The second-order valence-electron chi connectivity index (χ2n) is 6.40. The van der Waals surface area contributed by atoms with Crippen LogP contribution in [0.2, 0.25) is 0 Å². The van der Waals surface area contributed by atoms with E-state index >= 15 is 0 Å². The maximum Gasteiger partial charge on any atom is 0.294 e. The van der Waals surface area contributed by atoms with Gasteiger partial charge in [0, 0.05) is 25.2 Å². The Hall–Kier alpha value is -1.93. The van der Waals surface area contributed by atoms with Gasteiger partial charge >= 0.3 is 0 Å². The Morgan fingerprint density at radius 3 is 2.61 bits per heavy atom. The van der Waals surface area contributed by atoms with Crippen molar-refractivity contribution < 1.29 is 14.8 Å². The molecule has 0 radical (unpaired) electrons. The van der Waals surface area contributed by atoms with Gasteiger partial charge in [-0.05, 0) is 39.9 Å². The normalized spacial score (nSPS) is 22.7. The van der Waals surface area contributed by atoms with Crippen LogP contribution in [0.25, 0.3) is 0 Å². The Labute approximate surface area is 135 Å². The molecule has 1 aromatic rings. The van der Waals surface area contributed by atoms with E-state index in [0.29, 0.717) is 18.9 Å². The highest BCUT2D eigenvalue weighted by Gasteiger charge is 2.34. The van der Waals surface area contributed by atoms with Gasteiger partial charge in [-0.3, -0.25) is 14.8 Å². The molecular formula is C15H23N5O3. The van der Waals surface area contributed by atoms with Crippen LogP contribution in [-0.4, -0.2) is 63.1 Å². The van der Waals surface area contributed by atoms with E-state index in [2.05, 4.69) is 16.9 Å². The van der Waals surface area contributed by atoms with Gasteiger partial charge in [0.2, 0.25) is 5.91 Å². The van der Waals surface area contributed by atoms with Crippen LogP contribution >= 0.6 is 0 Å². The van der Waals surface area contributed by atoms with Crippen molar-refractivity contribution in [2.24, 2.45) is 5.92 Å². The van der Waals surface area contributed by atoms with Crippen molar-refractivity contribution in [3.63, 3.8) is 0 Å². The number of hydrogen-bond donors (Lipinski definition) is 2. The Morgan fingerprint density at radius 2 is 1.96 bits per heavy atom. The van der Waals surface area contributed by atoms with Gasteiger partial charge in [0.15, 0.2) is 0 Å². The molecule has 0 aliphatic carbocycles. The van der Waals surface area contributed by atoms with E-state index in [1.807, 2.05) is 16.4 Å². The molecule has 1 unspecified atom stereocenters. The fourth-order valence-electron chi connectivity index (χ4n) is 3.45. The lowest BCUT2D eigenvalue weighted by atomic mass is 9.94. The Kier molecular flexibility index (Phi) is 4.36. The number of rotatable bonds is 2. The second kappa shape index (κ2) is 6.29. The number of nitrogens with one attached hydrogen (secondary N) is 1. The van der Waals surface area contributed by atoms with E-state index in [0.717, 1.165) is 25.9 Å². The number of hydrogen-bond acceptors (Lipinski definition) is 5. The third-order valence-electron chi connectivity index (χ3n) is 4.92. The minimum Gasteiger partial charge on any atom is -0.331 e. The first kappa shape index (κ1) is 15.9. The van der Waals surface area contributed by atoms with Crippen LogP contribution in [-0.2, 0) is 11.3 Å². The number of hydroxylamine groups is 1. The first-order valence-electron chi connectivity index (χ1n) is 8.01. The minimum atomic E-state index is -0.632. The second-order valence-corrected chi connectivity index (χ2v) is 6.40. The van der Waals surface area contributed by atoms with Crippen LogP contribution < -0.4 is 5.48 Å². The maximum absolute atomic E-state index is 12.8. The summed E-state index contributed by atoms with van der Waals surface area (Å²) in [5, 5.41) is 8.73. The van der Waals surface area contributed by atoms with Crippen molar-refractivity contribution in [1.29, 1.82) is 0 Å². The Bertz CT molecular complexity index is 606. The molecule has 1 aromatic heterocycles. The predicted octanol–water partition coefficient (Wildman–Crippen LogP) is 0.247. The molecular weight excluding hydrogens is 298 g/mol. The summed E-state index contributed by atoms with van der Waals surface area (Å²) < 4.78 is 1.88. The summed E-state index contributed by atoms with van der Waals surface area (Å²) in [5.41, 5.74) is 1.76. The average Bonchev–Trinajstić information content (AvgIpc) is 3.00. The Balaban J connectivity index is 1.75. The molecule has 2 N–H and O–H groups in total. The molecule has 0 spiro atoms. The zero-order chi connectivity index (χ0) is 16.6. The van der Waals surface area contributed by atoms with Crippen LogP contribution in [0.1, 0.15) is 42.1 Å². The predicted molar refractivity (Wildman–Crippen MR) is 81.8 cm³/mol. The number of fused-ring (bicyclic) bond motifs is 1. The van der Waals surface area contributed by atoms with E-state index in [1.54, 1.807) is 11.7 Å². The molecule has 23 heavy (non-hydrogen) atoms. The highest BCUT2D eigenvalue weighted by atomic mass is 16.5. The van der Waals surface area contributed by atoms with Gasteiger partial charge < -0.3 is 14.4 Å². The lowest BCUT2D eigenvalue weighted by molar-refractivity contribution is -0.140. The topological polar surface area (TPSA) is 90.7 Å². The molecule has 8 heteroatoms. The van der Waals surface area contributed by atoms with Gasteiger partial charge in [0.25, 0.3) is 5.91 Å². The number of carbonyl (C=O) groups is 2. The van der Waals surface area contributed by atoms with E-state index in [9.17, 15) is 9.59 Å². The van der Waals surface area contributed by atoms with E-state index < -0.39 is 5.91 Å². The van der Waals surface area contributed by atoms with E-state index in [4.69, 9.17) is 5.21 Å². The van der Waals surface area contributed by atoms with E-state index in [1.165, 1.54) is 0 Å². The number of carbonyl (C=O) groups excluding carboxylic acids is 2. The largest absolute Gasteiger partial charge is 0.331 e. The zero-order valence-corrected chi connectivity index (χ0v) is 13.5. The number of amides is 2. The quantitative estimate of drug-likeness (QED) is 0.602. The minimum absolute atomic E-state index is 0.0790. The summed E-state index contributed by atoms with van der Waals surface area (Å²) >= 11 is 0. The molecule has 2 aliphatic heterocycles. The van der Waals surface area contributed by atoms with Gasteiger partial charge in [0.1, 0.15) is 11.5 Å². The smallest absolute Gasteiger partial charge is 0.294 e. The number of likely N-dealkylation sites (tertiary alicyclic amines) is 1. The summed E-state index contributed by atoms with van der Waals surface area (Å²) in [4.78, 5) is 32.7. The highest BCUT2D eigenvalue weighted by molar-refractivity contribution is 5.91. The fraction of sp³-hybridized carbons (Fsp3) is 0.667. The maximum atomic E-state index is 12.8. The lowest BCUT2D eigenvalue weighted by Crippen LogP contribution is -2.46. The van der Waals surface area contributed by atoms with Crippen molar-refractivity contribution in [3.8, 4) is 0 Å². The van der Waals surface area contributed by atoms with Crippen LogP contribution in [0.15, 0.2) is 6.20 Å². The third-order valence-corrected chi connectivity index (χ3v) is 4.92. The first-order valence-corrected chi connectivity index (χ1v) is 8.01. The molecule has 1 saturated heterocycles. The molecule has 1 fully saturated rings. The summed E-state index contributed by atoms with van der Waals surface area (Å²) in [6.07, 6.45) is 3.41. The summed E-state index contributed by atoms with van der Waals surface area (Å²) in [5.74, 6) is 0.326. The van der Waals surface area contributed by atoms with Gasteiger partial charge in [-0.25, -0.2) is 10.5 Å². The summed E-state index contributed by atoms with van der Waals surface area (Å²) in [6, 6.07) is -0.170. The molecule has 3 rings (SSSR count). The standard InChI is InChI=1S/C15H23N5O3/c1-10-13-16-12(14(21)17-23)9-19(13)7-8-20(10)15(22)11-3-5-18(2)6-4-11/h9-11,23H,3-8H2,1-2H3,(H,17,21). The first-order chi connectivity index (χ1) is 11.0. The molecule has 3 heterocycles. The third kappa shape index (κ3) is 2.96. The molecule has 0 bridgehead atoms. The van der Waals surface area contributed by atoms with Crippen molar-refractivity contribution in [3.05, 3.63) is 17.7 Å². The van der Waals surface area contributed by atoms with Crippen LogP contribution in [0.4, 0.5) is 0 Å². The van der Waals surface area contributed by atoms with Gasteiger partial charge in [-0.2, -0.15) is 0 Å². The number of nitrogens with zero attached hydrogens (tertiary/aromatic N) is 4. The lowest BCUT2D eigenvalue weighted by Gasteiger charge is -2.38. The molecule has 2 aliphatic rings. The van der Waals surface area contributed by atoms with Crippen molar-refractivity contribution in [2.75, 3.05) is 26.7 Å². The van der Waals surface area contributed by atoms with Gasteiger partial charge in [0.05, 0.1) is 6.04 Å². The Morgan fingerprint density at radius 1 is 1.26 bits per heavy atom. The SMILES string of the molecule is CC1c2nc(C(=O)NO)cn2CCN1C(=O)C1CCN(C)CC1. The monoisotopic (exact) mass is 321 g/mol. The molecule has 2 amide bonds. The van der Waals surface area contributed by atoms with Crippen LogP contribution in [0.5, 0.6) is 0 Å². The fourth-order valence-corrected chi connectivity index (χ4v) is 3.45. The molecule has 1 atom stereocenters. The van der Waals surface area contributed by atoms with Crippen LogP contribution in [0, 0.1) is 5.92 Å². The average molecular weight is 321 g/mol. The summed E-state index contributed by atoms with van der Waals surface area (Å²) in [7, 11) is 2.08. The number of aromatic nitrogens is 2. The molecule has 0 saturated carbocycles. The van der Waals surface area contributed by atoms with Crippen molar-refractivity contribution in [2.45, 2.75) is 32.4 Å². The zero-order valence-electron chi connectivity index (χ0n) is 13.5. The molecule has 126 valence electrons. The van der Waals surface area contributed by atoms with Crippen LogP contribution in [0.3, 0.4) is 0 Å². The van der Waals surface area contributed by atoms with Crippen molar-refractivity contribution in [1.82, 2.24) is 24.8 Å².